The van der Waals surface area contributed by atoms with Crippen molar-refractivity contribution in [1.82, 2.24) is 4.90 Å². The van der Waals surface area contributed by atoms with Gasteiger partial charge in [0.1, 0.15) is 0 Å². The number of rotatable bonds is 19. The molecule has 148 valence electrons. The summed E-state index contributed by atoms with van der Waals surface area (Å²) in [4.78, 5) is 2.65. The van der Waals surface area contributed by atoms with Crippen molar-refractivity contribution in [2.24, 2.45) is 0 Å². The molecule has 0 rings (SSSR count). The lowest BCUT2D eigenvalue weighted by Crippen LogP contribution is -2.26. The first-order valence-electron chi connectivity index (χ1n) is 11.1. The predicted molar refractivity (Wildman–Crippen MR) is 115 cm³/mol. The van der Waals surface area contributed by atoms with E-state index in [0.717, 1.165) is 0 Å². The molecule has 0 radical (unpaired) electrons. The molecule has 0 aromatic heterocycles. The molecule has 0 aromatic carbocycles. The molecule has 0 atom stereocenters. The van der Waals surface area contributed by atoms with Crippen LogP contribution in [0.5, 0.6) is 0 Å². The van der Waals surface area contributed by atoms with E-state index in [2.05, 4.69) is 25.7 Å². The summed E-state index contributed by atoms with van der Waals surface area (Å²) in [7, 11) is 0. The number of halogens is 1. The minimum Gasteiger partial charge on any atom is -0.303 e. The maximum absolute atomic E-state index is 2.65. The van der Waals surface area contributed by atoms with E-state index in [1.807, 2.05) is 0 Å². The fourth-order valence-corrected chi connectivity index (χ4v) is 3.50. The number of hydrogen-bond donors (Lipinski definition) is 0. The molecule has 0 spiro atoms. The Morgan fingerprint density at radius 2 is 0.708 bits per heavy atom. The highest BCUT2D eigenvalue weighted by molar-refractivity contribution is 5.85. The van der Waals surface area contributed by atoms with Crippen LogP contribution in [-0.4, -0.2) is 24.5 Å². The number of hydrogen-bond acceptors (Lipinski definition) is 1. The molecule has 0 aliphatic rings. The average molecular weight is 362 g/mol. The SMILES string of the molecule is CCCCCCCCCCCCCCCCN(CCC)CCC.Cl. The fourth-order valence-electron chi connectivity index (χ4n) is 3.50. The van der Waals surface area contributed by atoms with Crippen LogP contribution >= 0.6 is 12.4 Å². The zero-order valence-corrected chi connectivity index (χ0v) is 18.1. The summed E-state index contributed by atoms with van der Waals surface area (Å²) >= 11 is 0. The van der Waals surface area contributed by atoms with Gasteiger partial charge in [0.25, 0.3) is 0 Å². The van der Waals surface area contributed by atoms with E-state index in [1.165, 1.54) is 122 Å². The maximum atomic E-state index is 2.65. The molecule has 0 saturated heterocycles. The van der Waals surface area contributed by atoms with Gasteiger partial charge >= 0.3 is 0 Å². The van der Waals surface area contributed by atoms with Gasteiger partial charge in [-0.05, 0) is 38.9 Å². The lowest BCUT2D eigenvalue weighted by atomic mass is 10.0. The predicted octanol–water partition coefficient (Wildman–Crippen LogP) is 8.01. The molecule has 0 N–H and O–H groups in total. The zero-order chi connectivity index (χ0) is 17.0. The van der Waals surface area contributed by atoms with E-state index in [-0.39, 0.29) is 12.4 Å². The van der Waals surface area contributed by atoms with Crippen LogP contribution in [-0.2, 0) is 0 Å². The van der Waals surface area contributed by atoms with Crippen LogP contribution in [0.3, 0.4) is 0 Å². The lowest BCUT2D eigenvalue weighted by molar-refractivity contribution is 0.267. The molecule has 0 saturated carbocycles. The molecule has 0 unspecified atom stereocenters. The van der Waals surface area contributed by atoms with Gasteiger partial charge in [-0.2, -0.15) is 0 Å². The van der Waals surface area contributed by atoms with Gasteiger partial charge in [-0.3, -0.25) is 0 Å². The standard InChI is InChI=1S/C22H47N.ClH/c1-4-7-8-9-10-11-12-13-14-15-16-17-18-19-22-23(20-5-2)21-6-3;/h4-22H2,1-3H3;1H. The van der Waals surface area contributed by atoms with Crippen molar-refractivity contribution >= 4 is 12.4 Å². The zero-order valence-electron chi connectivity index (χ0n) is 17.3. The summed E-state index contributed by atoms with van der Waals surface area (Å²) in [6.07, 6.45) is 23.0. The van der Waals surface area contributed by atoms with Crippen LogP contribution < -0.4 is 0 Å². The molecule has 0 bridgehead atoms. The summed E-state index contributed by atoms with van der Waals surface area (Å²) in [6.45, 7) is 10.8. The first kappa shape index (κ1) is 26.5. The van der Waals surface area contributed by atoms with Gasteiger partial charge in [0.15, 0.2) is 0 Å². The summed E-state index contributed by atoms with van der Waals surface area (Å²) < 4.78 is 0. The third kappa shape index (κ3) is 20.3. The Labute approximate surface area is 160 Å². The molecular formula is C22H48ClN. The number of nitrogens with zero attached hydrogens (tertiary/aromatic N) is 1. The first-order valence-corrected chi connectivity index (χ1v) is 11.1. The molecule has 0 aliphatic carbocycles. The van der Waals surface area contributed by atoms with Crippen LogP contribution in [0, 0.1) is 0 Å². The Hall–Kier alpha value is 0.250. The Bertz CT molecular complexity index is 202. The van der Waals surface area contributed by atoms with Crippen molar-refractivity contribution in [2.45, 2.75) is 124 Å². The van der Waals surface area contributed by atoms with Gasteiger partial charge < -0.3 is 4.90 Å². The second-order valence-corrected chi connectivity index (χ2v) is 7.44. The Morgan fingerprint density at radius 1 is 0.375 bits per heavy atom. The maximum Gasteiger partial charge on any atom is -0.00187 e. The van der Waals surface area contributed by atoms with E-state index in [4.69, 9.17) is 0 Å². The smallest absolute Gasteiger partial charge is 0.00187 e. The molecule has 0 aliphatic heterocycles. The van der Waals surface area contributed by atoms with Gasteiger partial charge in [0, 0.05) is 0 Å². The normalized spacial score (nSPS) is 11.0. The summed E-state index contributed by atoms with van der Waals surface area (Å²) in [5.41, 5.74) is 0. The van der Waals surface area contributed by atoms with Crippen LogP contribution in [0.15, 0.2) is 0 Å². The van der Waals surface area contributed by atoms with Crippen LogP contribution in [0.1, 0.15) is 124 Å². The highest BCUT2D eigenvalue weighted by atomic mass is 35.5. The largest absolute Gasteiger partial charge is 0.303 e. The molecule has 0 amide bonds. The van der Waals surface area contributed by atoms with Gasteiger partial charge in [-0.25, -0.2) is 0 Å². The van der Waals surface area contributed by atoms with E-state index in [9.17, 15) is 0 Å². The fraction of sp³-hybridized carbons (Fsp3) is 1.00. The van der Waals surface area contributed by atoms with Crippen molar-refractivity contribution in [2.75, 3.05) is 19.6 Å². The third-order valence-electron chi connectivity index (χ3n) is 4.91. The lowest BCUT2D eigenvalue weighted by Gasteiger charge is -2.20. The second kappa shape index (κ2) is 23.2. The minimum atomic E-state index is 0. The highest BCUT2D eigenvalue weighted by Crippen LogP contribution is 2.13. The molecule has 0 heterocycles. The van der Waals surface area contributed by atoms with Crippen molar-refractivity contribution in [1.29, 1.82) is 0 Å². The van der Waals surface area contributed by atoms with Gasteiger partial charge in [-0.1, -0.05) is 104 Å². The minimum absolute atomic E-state index is 0. The second-order valence-electron chi connectivity index (χ2n) is 7.44. The molecular weight excluding hydrogens is 314 g/mol. The Kier molecular flexibility index (Phi) is 25.7. The summed E-state index contributed by atoms with van der Waals surface area (Å²) in [6, 6.07) is 0. The first-order chi connectivity index (χ1) is 11.3. The average Bonchev–Trinajstić information content (AvgIpc) is 2.55. The molecule has 2 heteroatoms. The highest BCUT2D eigenvalue weighted by Gasteiger charge is 2.01. The van der Waals surface area contributed by atoms with Crippen LogP contribution in [0.25, 0.3) is 0 Å². The topological polar surface area (TPSA) is 3.24 Å². The van der Waals surface area contributed by atoms with Crippen molar-refractivity contribution in [3.63, 3.8) is 0 Å². The van der Waals surface area contributed by atoms with E-state index in [0.29, 0.717) is 0 Å². The van der Waals surface area contributed by atoms with Crippen LogP contribution in [0.4, 0.5) is 0 Å². The monoisotopic (exact) mass is 361 g/mol. The van der Waals surface area contributed by atoms with E-state index < -0.39 is 0 Å². The van der Waals surface area contributed by atoms with Crippen molar-refractivity contribution in [3.8, 4) is 0 Å². The third-order valence-corrected chi connectivity index (χ3v) is 4.91. The van der Waals surface area contributed by atoms with Crippen molar-refractivity contribution in [3.05, 3.63) is 0 Å². The molecule has 1 nitrogen and oxygen atoms in total. The molecule has 0 aromatic rings. The molecule has 0 fully saturated rings. The van der Waals surface area contributed by atoms with E-state index >= 15 is 0 Å². The van der Waals surface area contributed by atoms with Gasteiger partial charge in [0.2, 0.25) is 0 Å². The Balaban J connectivity index is 0. The van der Waals surface area contributed by atoms with Gasteiger partial charge in [0.05, 0.1) is 0 Å². The van der Waals surface area contributed by atoms with E-state index in [1.54, 1.807) is 0 Å². The van der Waals surface area contributed by atoms with Crippen LogP contribution in [0.2, 0.25) is 0 Å². The van der Waals surface area contributed by atoms with Gasteiger partial charge in [-0.15, -0.1) is 12.4 Å². The summed E-state index contributed by atoms with van der Waals surface area (Å²) in [5, 5.41) is 0. The van der Waals surface area contributed by atoms with Crippen molar-refractivity contribution < 1.29 is 0 Å². The number of unbranched alkanes of at least 4 members (excludes halogenated alkanes) is 13. The summed E-state index contributed by atoms with van der Waals surface area (Å²) in [5.74, 6) is 0. The Morgan fingerprint density at radius 3 is 1.04 bits per heavy atom. The molecule has 24 heavy (non-hydrogen) atoms. The quantitative estimate of drug-likeness (QED) is 0.210.